The van der Waals surface area contributed by atoms with Gasteiger partial charge < -0.3 is 19.4 Å². The van der Waals surface area contributed by atoms with Crippen molar-refractivity contribution in [2.24, 2.45) is 10.9 Å². The molecule has 0 aliphatic carbocycles. The Bertz CT molecular complexity index is 511. The number of furan rings is 1. The topological polar surface area (TPSA) is 53.2 Å². The summed E-state index contributed by atoms with van der Waals surface area (Å²) in [7, 11) is 3.64. The van der Waals surface area contributed by atoms with Gasteiger partial charge >= 0.3 is 0 Å². The molecule has 2 fully saturated rings. The van der Waals surface area contributed by atoms with Crippen molar-refractivity contribution in [3.05, 3.63) is 24.2 Å². The number of nitrogens with zero attached hydrogens (tertiary/aromatic N) is 3. The van der Waals surface area contributed by atoms with Gasteiger partial charge in [0.1, 0.15) is 5.76 Å². The fourth-order valence-electron chi connectivity index (χ4n) is 3.86. The van der Waals surface area contributed by atoms with E-state index < -0.39 is 0 Å². The van der Waals surface area contributed by atoms with Crippen molar-refractivity contribution in [1.29, 1.82) is 0 Å². The lowest BCUT2D eigenvalue weighted by atomic mass is 10.1. The van der Waals surface area contributed by atoms with Crippen LogP contribution in [0.4, 0.5) is 0 Å². The van der Waals surface area contributed by atoms with Crippen LogP contribution in [-0.4, -0.2) is 69.2 Å². The van der Waals surface area contributed by atoms with Crippen LogP contribution in [0.2, 0.25) is 0 Å². The number of aliphatic imine (C=N–C) groups is 1. The Balaban J connectivity index is 1.59. The van der Waals surface area contributed by atoms with Crippen molar-refractivity contribution in [2.75, 3.05) is 53.5 Å². The minimum Gasteiger partial charge on any atom is -0.468 e. The van der Waals surface area contributed by atoms with Crippen molar-refractivity contribution in [1.82, 2.24) is 15.1 Å². The fraction of sp³-hybridized carbons (Fsp3) is 0.722. The maximum Gasteiger partial charge on any atom is 0.193 e. The molecule has 0 radical (unpaired) electrons. The highest BCUT2D eigenvalue weighted by Crippen LogP contribution is 2.25. The standard InChI is InChI=1S/C18H30N4O2/c1-19-18(22-10-7-15(13-22)14-23-2)20-12-16(17-6-5-11-24-17)21-8-3-4-9-21/h5-6,11,15-16H,3-4,7-10,12-14H2,1-2H3,(H,19,20). The van der Waals surface area contributed by atoms with Crippen LogP contribution in [0.15, 0.2) is 27.8 Å². The highest BCUT2D eigenvalue weighted by atomic mass is 16.5. The molecule has 6 heteroatoms. The van der Waals surface area contributed by atoms with E-state index in [0.29, 0.717) is 5.92 Å². The van der Waals surface area contributed by atoms with Crippen LogP contribution in [0, 0.1) is 5.92 Å². The molecule has 6 nitrogen and oxygen atoms in total. The van der Waals surface area contributed by atoms with Gasteiger partial charge in [0.15, 0.2) is 5.96 Å². The lowest BCUT2D eigenvalue weighted by Gasteiger charge is -2.28. The van der Waals surface area contributed by atoms with Crippen molar-refractivity contribution < 1.29 is 9.15 Å². The number of hydrogen-bond acceptors (Lipinski definition) is 4. The monoisotopic (exact) mass is 334 g/mol. The summed E-state index contributed by atoms with van der Waals surface area (Å²) in [6.07, 6.45) is 5.48. The Hall–Kier alpha value is -1.53. The summed E-state index contributed by atoms with van der Waals surface area (Å²) in [4.78, 5) is 9.34. The second kappa shape index (κ2) is 8.53. The summed E-state index contributed by atoms with van der Waals surface area (Å²) >= 11 is 0. The first-order valence-corrected chi connectivity index (χ1v) is 9.03. The van der Waals surface area contributed by atoms with Crippen LogP contribution in [-0.2, 0) is 4.74 Å². The highest BCUT2D eigenvalue weighted by Gasteiger charge is 2.28. The SMILES string of the molecule is CN=C(NCC(c1ccco1)N1CCCC1)N1CCC(COC)C1. The van der Waals surface area contributed by atoms with E-state index in [4.69, 9.17) is 9.15 Å². The Morgan fingerprint density at radius 3 is 2.92 bits per heavy atom. The third-order valence-corrected chi connectivity index (χ3v) is 5.11. The molecule has 0 spiro atoms. The molecule has 2 unspecified atom stereocenters. The van der Waals surface area contributed by atoms with Crippen LogP contribution in [0.5, 0.6) is 0 Å². The minimum atomic E-state index is 0.275. The molecule has 3 rings (SSSR count). The summed E-state index contributed by atoms with van der Waals surface area (Å²) in [5.74, 6) is 2.64. The van der Waals surface area contributed by atoms with Gasteiger partial charge in [0.05, 0.1) is 18.9 Å². The molecule has 0 bridgehead atoms. The highest BCUT2D eigenvalue weighted by molar-refractivity contribution is 5.80. The van der Waals surface area contributed by atoms with Crippen molar-refractivity contribution >= 4 is 5.96 Å². The molecule has 2 saturated heterocycles. The van der Waals surface area contributed by atoms with Gasteiger partial charge in [-0.05, 0) is 44.5 Å². The molecule has 0 saturated carbocycles. The zero-order valence-electron chi connectivity index (χ0n) is 14.9. The first-order valence-electron chi connectivity index (χ1n) is 9.03. The number of nitrogens with one attached hydrogen (secondary N) is 1. The third kappa shape index (κ3) is 4.11. The normalized spacial score (nSPS) is 23.8. The van der Waals surface area contributed by atoms with Gasteiger partial charge in [-0.3, -0.25) is 9.89 Å². The van der Waals surface area contributed by atoms with Crippen LogP contribution >= 0.6 is 0 Å². The van der Waals surface area contributed by atoms with Gasteiger partial charge in [-0.25, -0.2) is 0 Å². The summed E-state index contributed by atoms with van der Waals surface area (Å²) in [5, 5.41) is 3.57. The molecular formula is C18H30N4O2. The molecule has 1 N–H and O–H groups in total. The molecule has 3 heterocycles. The summed E-state index contributed by atoms with van der Waals surface area (Å²) < 4.78 is 11.0. The summed E-state index contributed by atoms with van der Waals surface area (Å²) in [6.45, 7) is 6.00. The smallest absolute Gasteiger partial charge is 0.193 e. The van der Waals surface area contributed by atoms with E-state index in [1.807, 2.05) is 13.1 Å². The molecule has 1 aromatic heterocycles. The van der Waals surface area contributed by atoms with E-state index in [1.165, 1.54) is 19.3 Å². The number of rotatable bonds is 6. The molecule has 0 aromatic carbocycles. The molecule has 1 aromatic rings. The van der Waals surface area contributed by atoms with E-state index in [1.54, 1.807) is 13.4 Å². The summed E-state index contributed by atoms with van der Waals surface area (Å²) in [6, 6.07) is 4.33. The van der Waals surface area contributed by atoms with Crippen molar-refractivity contribution in [3.63, 3.8) is 0 Å². The maximum atomic E-state index is 5.70. The zero-order chi connectivity index (χ0) is 16.8. The largest absolute Gasteiger partial charge is 0.468 e. The average Bonchev–Trinajstić information content (AvgIpc) is 3.34. The minimum absolute atomic E-state index is 0.275. The number of guanidine groups is 1. The maximum absolute atomic E-state index is 5.70. The van der Waals surface area contributed by atoms with Crippen LogP contribution in [0.25, 0.3) is 0 Å². The molecule has 2 atom stereocenters. The predicted octanol–water partition coefficient (Wildman–Crippen LogP) is 1.96. The van der Waals surface area contributed by atoms with Crippen LogP contribution in [0.1, 0.15) is 31.1 Å². The van der Waals surface area contributed by atoms with Crippen LogP contribution < -0.4 is 5.32 Å². The van der Waals surface area contributed by atoms with E-state index >= 15 is 0 Å². The molecular weight excluding hydrogens is 304 g/mol. The van der Waals surface area contributed by atoms with Gasteiger partial charge in [-0.1, -0.05) is 0 Å². The second-order valence-electron chi connectivity index (χ2n) is 6.76. The molecule has 2 aliphatic heterocycles. The van der Waals surface area contributed by atoms with E-state index in [9.17, 15) is 0 Å². The number of likely N-dealkylation sites (tertiary alicyclic amines) is 2. The van der Waals surface area contributed by atoms with Gasteiger partial charge in [0.2, 0.25) is 0 Å². The third-order valence-electron chi connectivity index (χ3n) is 5.11. The number of ether oxygens (including phenoxy) is 1. The van der Waals surface area contributed by atoms with E-state index in [-0.39, 0.29) is 6.04 Å². The fourth-order valence-corrected chi connectivity index (χ4v) is 3.86. The first-order chi connectivity index (χ1) is 11.8. The molecule has 24 heavy (non-hydrogen) atoms. The first kappa shape index (κ1) is 17.3. The van der Waals surface area contributed by atoms with Crippen LogP contribution in [0.3, 0.4) is 0 Å². The lowest BCUT2D eigenvalue weighted by Crippen LogP contribution is -2.44. The Labute approximate surface area is 144 Å². The van der Waals surface area contributed by atoms with Crippen molar-refractivity contribution in [2.45, 2.75) is 25.3 Å². The predicted molar refractivity (Wildman–Crippen MR) is 95.2 cm³/mol. The van der Waals surface area contributed by atoms with Gasteiger partial charge in [0, 0.05) is 39.7 Å². The lowest BCUT2D eigenvalue weighted by molar-refractivity contribution is 0.157. The Morgan fingerprint density at radius 2 is 2.25 bits per heavy atom. The number of hydrogen-bond donors (Lipinski definition) is 1. The second-order valence-corrected chi connectivity index (χ2v) is 6.76. The van der Waals surface area contributed by atoms with E-state index in [2.05, 4.69) is 26.2 Å². The molecule has 134 valence electrons. The molecule has 2 aliphatic rings. The summed E-state index contributed by atoms with van der Waals surface area (Å²) in [5.41, 5.74) is 0. The van der Waals surface area contributed by atoms with E-state index in [0.717, 1.165) is 51.1 Å². The quantitative estimate of drug-likeness (QED) is 0.637. The average molecular weight is 334 g/mol. The zero-order valence-corrected chi connectivity index (χ0v) is 14.9. The van der Waals surface area contributed by atoms with Crippen molar-refractivity contribution in [3.8, 4) is 0 Å². The Morgan fingerprint density at radius 1 is 1.42 bits per heavy atom. The van der Waals surface area contributed by atoms with Gasteiger partial charge in [-0.2, -0.15) is 0 Å². The Kier molecular flexibility index (Phi) is 6.15. The molecule has 0 amide bonds. The number of methoxy groups -OCH3 is 1. The van der Waals surface area contributed by atoms with Gasteiger partial charge in [0.25, 0.3) is 0 Å². The van der Waals surface area contributed by atoms with Gasteiger partial charge in [-0.15, -0.1) is 0 Å².